The van der Waals surface area contributed by atoms with E-state index in [-0.39, 0.29) is 11.0 Å². The zero-order chi connectivity index (χ0) is 11.4. The van der Waals surface area contributed by atoms with Gasteiger partial charge < -0.3 is 4.90 Å². The summed E-state index contributed by atoms with van der Waals surface area (Å²) in [5.41, 5.74) is 1.00. The molecular formula is C11H17NO2S. The van der Waals surface area contributed by atoms with Crippen LogP contribution < -0.4 is 0 Å². The molecule has 15 heavy (non-hydrogen) atoms. The molecule has 0 N–H and O–H groups in total. The van der Waals surface area contributed by atoms with Gasteiger partial charge in [-0.3, -0.25) is 9.59 Å². The molecule has 84 valence electrons. The highest BCUT2D eigenvalue weighted by atomic mass is 32.2. The lowest BCUT2D eigenvalue weighted by molar-refractivity contribution is -0.127. The van der Waals surface area contributed by atoms with E-state index in [1.54, 1.807) is 6.92 Å². The number of carbonyl (C=O) groups excluding carboxylic acids is 2. The third-order valence-electron chi connectivity index (χ3n) is 2.28. The molecule has 3 nitrogen and oxygen atoms in total. The Morgan fingerprint density at radius 2 is 2.27 bits per heavy atom. The number of rotatable bonds is 4. The fraction of sp³-hybridized carbons (Fsp3) is 0.636. The Morgan fingerprint density at radius 1 is 1.60 bits per heavy atom. The van der Waals surface area contributed by atoms with Crippen molar-refractivity contribution in [3.05, 3.63) is 12.2 Å². The maximum Gasteiger partial charge on any atom is 0.223 e. The highest BCUT2D eigenvalue weighted by Crippen LogP contribution is 2.22. The third-order valence-corrected chi connectivity index (χ3v) is 3.32. The van der Waals surface area contributed by atoms with E-state index in [0.717, 1.165) is 17.9 Å². The minimum absolute atomic E-state index is 0.126. The maximum atomic E-state index is 11.6. The van der Waals surface area contributed by atoms with Gasteiger partial charge in [-0.1, -0.05) is 23.9 Å². The van der Waals surface area contributed by atoms with Crippen LogP contribution in [0.5, 0.6) is 0 Å². The lowest BCUT2D eigenvalue weighted by Gasteiger charge is -2.16. The van der Waals surface area contributed by atoms with Crippen molar-refractivity contribution >= 4 is 22.8 Å². The Hall–Kier alpha value is -0.770. The van der Waals surface area contributed by atoms with Crippen LogP contribution in [0.1, 0.15) is 20.3 Å². The van der Waals surface area contributed by atoms with Crippen LogP contribution in [-0.4, -0.2) is 34.8 Å². The van der Waals surface area contributed by atoms with Crippen LogP contribution in [0.3, 0.4) is 0 Å². The summed E-state index contributed by atoms with van der Waals surface area (Å²) >= 11 is 1.31. The van der Waals surface area contributed by atoms with E-state index in [4.69, 9.17) is 0 Å². The molecule has 1 unspecified atom stereocenters. The zero-order valence-electron chi connectivity index (χ0n) is 9.28. The van der Waals surface area contributed by atoms with Gasteiger partial charge in [-0.25, -0.2) is 0 Å². The van der Waals surface area contributed by atoms with Gasteiger partial charge in [0.25, 0.3) is 0 Å². The predicted molar refractivity (Wildman–Crippen MR) is 62.6 cm³/mol. The van der Waals surface area contributed by atoms with Crippen molar-refractivity contribution in [2.45, 2.75) is 20.3 Å². The number of carbonyl (C=O) groups is 2. The van der Waals surface area contributed by atoms with E-state index < -0.39 is 0 Å². The number of amides is 1. The number of thioether (sulfide) groups is 1. The molecule has 1 heterocycles. The molecule has 1 fully saturated rings. The van der Waals surface area contributed by atoms with E-state index in [1.165, 1.54) is 11.8 Å². The van der Waals surface area contributed by atoms with E-state index in [2.05, 4.69) is 6.58 Å². The van der Waals surface area contributed by atoms with Crippen LogP contribution in [0, 0.1) is 5.92 Å². The fourth-order valence-corrected chi connectivity index (χ4v) is 2.37. The van der Waals surface area contributed by atoms with E-state index in [9.17, 15) is 9.59 Å². The van der Waals surface area contributed by atoms with Crippen molar-refractivity contribution in [1.29, 1.82) is 0 Å². The number of likely N-dealkylation sites (tertiary alicyclic amines) is 1. The molecule has 0 spiro atoms. The van der Waals surface area contributed by atoms with Crippen LogP contribution in [0.4, 0.5) is 0 Å². The molecule has 0 aromatic rings. The molecule has 1 atom stereocenters. The SMILES string of the molecule is C=C(C)CN1CC(CSC(C)=O)CC1=O. The highest BCUT2D eigenvalue weighted by Gasteiger charge is 2.29. The molecule has 0 aromatic heterocycles. The average molecular weight is 227 g/mol. The van der Waals surface area contributed by atoms with Gasteiger partial charge in [0.2, 0.25) is 5.91 Å². The van der Waals surface area contributed by atoms with Gasteiger partial charge in [-0.05, 0) is 12.8 Å². The standard InChI is InChI=1S/C11H17NO2S/c1-8(2)5-12-6-10(4-11(12)14)7-15-9(3)13/h10H,1,4-7H2,2-3H3. The molecule has 0 bridgehead atoms. The Morgan fingerprint density at radius 3 is 2.80 bits per heavy atom. The molecule has 4 heteroatoms. The first-order valence-corrected chi connectivity index (χ1v) is 6.03. The molecule has 1 saturated heterocycles. The molecule has 1 amide bonds. The Balaban J connectivity index is 2.38. The van der Waals surface area contributed by atoms with Crippen LogP contribution in [0.15, 0.2) is 12.2 Å². The van der Waals surface area contributed by atoms with Crippen molar-refractivity contribution in [1.82, 2.24) is 4.90 Å². The molecule has 0 saturated carbocycles. The Bertz CT molecular complexity index is 288. The second-order valence-electron chi connectivity index (χ2n) is 4.10. The highest BCUT2D eigenvalue weighted by molar-refractivity contribution is 8.13. The van der Waals surface area contributed by atoms with Crippen molar-refractivity contribution in [2.24, 2.45) is 5.92 Å². The largest absolute Gasteiger partial charge is 0.338 e. The number of hydrogen-bond acceptors (Lipinski definition) is 3. The van der Waals surface area contributed by atoms with Gasteiger partial charge in [0.05, 0.1) is 0 Å². The van der Waals surface area contributed by atoms with Crippen molar-refractivity contribution in [3.63, 3.8) is 0 Å². The smallest absolute Gasteiger partial charge is 0.223 e. The summed E-state index contributed by atoms with van der Waals surface area (Å²) in [7, 11) is 0. The second kappa shape index (κ2) is 5.35. The first-order chi connectivity index (χ1) is 6.99. The molecule has 0 radical (unpaired) electrons. The average Bonchev–Trinajstić information content (AvgIpc) is 2.43. The summed E-state index contributed by atoms with van der Waals surface area (Å²) in [5.74, 6) is 1.27. The molecule has 1 aliphatic rings. The quantitative estimate of drug-likeness (QED) is 0.686. The van der Waals surface area contributed by atoms with Gasteiger partial charge in [0.15, 0.2) is 5.12 Å². The van der Waals surface area contributed by atoms with Gasteiger partial charge in [0, 0.05) is 32.2 Å². The third kappa shape index (κ3) is 4.08. The summed E-state index contributed by atoms with van der Waals surface area (Å²) in [6.45, 7) is 8.71. The minimum Gasteiger partial charge on any atom is -0.338 e. The van der Waals surface area contributed by atoms with E-state index in [1.807, 2.05) is 11.8 Å². The minimum atomic E-state index is 0.126. The molecule has 0 aliphatic carbocycles. The van der Waals surface area contributed by atoms with E-state index >= 15 is 0 Å². The summed E-state index contributed by atoms with van der Waals surface area (Å²) in [6, 6.07) is 0. The van der Waals surface area contributed by atoms with Gasteiger partial charge in [-0.15, -0.1) is 0 Å². The lowest BCUT2D eigenvalue weighted by atomic mass is 10.1. The normalized spacial score (nSPS) is 20.8. The molecule has 0 aromatic carbocycles. The van der Waals surface area contributed by atoms with Crippen molar-refractivity contribution < 1.29 is 9.59 Å². The predicted octanol–water partition coefficient (Wildman–Crippen LogP) is 1.69. The topological polar surface area (TPSA) is 37.4 Å². The first kappa shape index (κ1) is 12.3. The monoisotopic (exact) mass is 227 g/mol. The van der Waals surface area contributed by atoms with Crippen LogP contribution in [-0.2, 0) is 9.59 Å². The summed E-state index contributed by atoms with van der Waals surface area (Å²) in [5, 5.41) is 0.126. The number of nitrogens with zero attached hydrogens (tertiary/aromatic N) is 1. The van der Waals surface area contributed by atoms with E-state index in [0.29, 0.717) is 18.9 Å². The maximum absolute atomic E-state index is 11.6. The first-order valence-electron chi connectivity index (χ1n) is 5.04. The van der Waals surface area contributed by atoms with Gasteiger partial charge in [-0.2, -0.15) is 0 Å². The van der Waals surface area contributed by atoms with Gasteiger partial charge in [0.1, 0.15) is 0 Å². The molecular weight excluding hydrogens is 210 g/mol. The molecule has 1 aliphatic heterocycles. The van der Waals surface area contributed by atoms with Crippen LogP contribution in [0.25, 0.3) is 0 Å². The van der Waals surface area contributed by atoms with Crippen LogP contribution >= 0.6 is 11.8 Å². The van der Waals surface area contributed by atoms with Crippen LogP contribution in [0.2, 0.25) is 0 Å². The number of hydrogen-bond donors (Lipinski definition) is 0. The zero-order valence-corrected chi connectivity index (χ0v) is 10.1. The second-order valence-corrected chi connectivity index (χ2v) is 5.30. The fourth-order valence-electron chi connectivity index (χ4n) is 1.68. The van der Waals surface area contributed by atoms with Crippen molar-refractivity contribution in [2.75, 3.05) is 18.8 Å². The summed E-state index contributed by atoms with van der Waals surface area (Å²) in [6.07, 6.45) is 0.577. The lowest BCUT2D eigenvalue weighted by Crippen LogP contribution is -2.26. The summed E-state index contributed by atoms with van der Waals surface area (Å²) < 4.78 is 0. The Labute approximate surface area is 94.9 Å². The Kier molecular flexibility index (Phi) is 4.39. The van der Waals surface area contributed by atoms with Gasteiger partial charge >= 0.3 is 0 Å². The summed E-state index contributed by atoms with van der Waals surface area (Å²) in [4.78, 5) is 24.2. The molecule has 1 rings (SSSR count). The van der Waals surface area contributed by atoms with Crippen molar-refractivity contribution in [3.8, 4) is 0 Å².